The molecule has 3 rings (SSSR count). The molecule has 24 heavy (non-hydrogen) atoms. The van der Waals surface area contributed by atoms with Crippen LogP contribution in [0.1, 0.15) is 23.6 Å². The summed E-state index contributed by atoms with van der Waals surface area (Å²) in [5, 5.41) is 14.5. The van der Waals surface area contributed by atoms with E-state index in [1.807, 2.05) is 24.3 Å². The number of nitrogens with one attached hydrogen (secondary N) is 2. The van der Waals surface area contributed by atoms with E-state index in [4.69, 9.17) is 0 Å². The fraction of sp³-hybridized carbons (Fsp3) is 0.250. The molecule has 0 fully saturated rings. The summed E-state index contributed by atoms with van der Waals surface area (Å²) in [4.78, 5) is 10.7. The van der Waals surface area contributed by atoms with Crippen LogP contribution in [0.5, 0.6) is 0 Å². The molecule has 8 heteroatoms. The Kier molecular flexibility index (Phi) is 4.25. The lowest BCUT2D eigenvalue weighted by molar-refractivity contribution is -0.384. The zero-order chi connectivity index (χ0) is 17.3. The molecule has 126 valence electrons. The molecule has 0 radical (unpaired) electrons. The van der Waals surface area contributed by atoms with Gasteiger partial charge in [0.2, 0.25) is 10.0 Å². The molecule has 2 aromatic rings. The molecular formula is C16H17N3O4S. The van der Waals surface area contributed by atoms with Crippen molar-refractivity contribution >= 4 is 21.4 Å². The van der Waals surface area contributed by atoms with Crippen molar-refractivity contribution in [1.82, 2.24) is 4.72 Å². The van der Waals surface area contributed by atoms with Crippen LogP contribution in [0.4, 0.5) is 11.4 Å². The molecule has 2 N–H and O–H groups in total. The number of benzene rings is 2. The molecule has 0 bridgehead atoms. The van der Waals surface area contributed by atoms with Gasteiger partial charge in [-0.1, -0.05) is 24.3 Å². The Labute approximate surface area is 139 Å². The average Bonchev–Trinajstić information content (AvgIpc) is 2.98. The predicted molar refractivity (Wildman–Crippen MR) is 90.5 cm³/mol. The van der Waals surface area contributed by atoms with Crippen molar-refractivity contribution in [1.29, 1.82) is 0 Å². The Morgan fingerprint density at radius 1 is 1.21 bits per heavy atom. The Bertz CT molecular complexity index is 896. The fourth-order valence-corrected chi connectivity index (χ4v) is 3.71. The van der Waals surface area contributed by atoms with Crippen LogP contribution in [0.25, 0.3) is 0 Å². The summed E-state index contributed by atoms with van der Waals surface area (Å²) in [6.45, 7) is 0. The maximum absolute atomic E-state index is 11.8. The monoisotopic (exact) mass is 347 g/mol. The van der Waals surface area contributed by atoms with Crippen LogP contribution in [0.3, 0.4) is 0 Å². The summed E-state index contributed by atoms with van der Waals surface area (Å²) >= 11 is 0. The van der Waals surface area contributed by atoms with Gasteiger partial charge in [-0.25, -0.2) is 13.1 Å². The lowest BCUT2D eigenvalue weighted by Crippen LogP contribution is -2.19. The number of rotatable bonds is 5. The Morgan fingerprint density at radius 2 is 1.96 bits per heavy atom. The van der Waals surface area contributed by atoms with Gasteiger partial charge in [-0.05, 0) is 43.1 Å². The molecule has 7 nitrogen and oxygen atoms in total. The van der Waals surface area contributed by atoms with Gasteiger partial charge in [0.15, 0.2) is 0 Å². The summed E-state index contributed by atoms with van der Waals surface area (Å²) in [5.41, 5.74) is 2.42. The van der Waals surface area contributed by atoms with Gasteiger partial charge >= 0.3 is 0 Å². The molecule has 0 unspecified atom stereocenters. The van der Waals surface area contributed by atoms with Crippen LogP contribution in [0, 0.1) is 10.1 Å². The predicted octanol–water partition coefficient (Wildman–Crippen LogP) is 2.60. The van der Waals surface area contributed by atoms with E-state index >= 15 is 0 Å². The first kappa shape index (κ1) is 16.4. The van der Waals surface area contributed by atoms with Gasteiger partial charge in [0.25, 0.3) is 5.69 Å². The van der Waals surface area contributed by atoms with Gasteiger partial charge < -0.3 is 5.32 Å². The Hall–Kier alpha value is -2.45. The maximum Gasteiger partial charge on any atom is 0.293 e. The minimum absolute atomic E-state index is 0.0216. The summed E-state index contributed by atoms with van der Waals surface area (Å²) in [6.07, 6.45) is 1.75. The van der Waals surface area contributed by atoms with E-state index in [2.05, 4.69) is 10.0 Å². The third-order valence-corrected chi connectivity index (χ3v) is 5.62. The van der Waals surface area contributed by atoms with Crippen LogP contribution in [0.15, 0.2) is 47.4 Å². The summed E-state index contributed by atoms with van der Waals surface area (Å²) in [7, 11) is -2.46. The number of hydrogen-bond donors (Lipinski definition) is 2. The fourth-order valence-electron chi connectivity index (χ4n) is 2.96. The van der Waals surface area contributed by atoms with Crippen LogP contribution >= 0.6 is 0 Å². The van der Waals surface area contributed by atoms with E-state index in [1.54, 1.807) is 0 Å². The summed E-state index contributed by atoms with van der Waals surface area (Å²) in [5.74, 6) is 0. The number of hydrogen-bond acceptors (Lipinski definition) is 5. The van der Waals surface area contributed by atoms with Gasteiger partial charge in [0, 0.05) is 6.07 Å². The van der Waals surface area contributed by atoms with Crippen molar-refractivity contribution < 1.29 is 13.3 Å². The van der Waals surface area contributed by atoms with Gasteiger partial charge in [-0.2, -0.15) is 0 Å². The molecule has 0 aromatic heterocycles. The summed E-state index contributed by atoms with van der Waals surface area (Å²) in [6, 6.07) is 11.8. The zero-order valence-electron chi connectivity index (χ0n) is 13.0. The lowest BCUT2D eigenvalue weighted by atomic mass is 10.1. The van der Waals surface area contributed by atoms with Gasteiger partial charge in [0.1, 0.15) is 5.69 Å². The molecule has 1 aliphatic carbocycles. The van der Waals surface area contributed by atoms with Crippen molar-refractivity contribution in [3.05, 3.63) is 63.7 Å². The third kappa shape index (κ3) is 2.98. The van der Waals surface area contributed by atoms with Crippen molar-refractivity contribution in [3.63, 3.8) is 0 Å². The van der Waals surface area contributed by atoms with E-state index in [0.717, 1.165) is 24.5 Å². The first-order valence-electron chi connectivity index (χ1n) is 7.48. The quantitative estimate of drug-likeness (QED) is 0.639. The van der Waals surface area contributed by atoms with Crippen molar-refractivity contribution in [2.24, 2.45) is 0 Å². The molecule has 0 saturated heterocycles. The zero-order valence-corrected chi connectivity index (χ0v) is 13.8. The van der Waals surface area contributed by atoms with Crippen LogP contribution in [-0.4, -0.2) is 20.4 Å². The van der Waals surface area contributed by atoms with Gasteiger partial charge in [-0.15, -0.1) is 0 Å². The number of anilines is 1. The second-order valence-corrected chi connectivity index (χ2v) is 7.46. The van der Waals surface area contributed by atoms with Crippen LogP contribution in [0.2, 0.25) is 0 Å². The molecule has 1 atom stereocenters. The SMILES string of the molecule is CNS(=O)(=O)c1ccc(N[C@@H]2CCc3ccccc32)c([N+](=O)[O-])c1. The Balaban J connectivity index is 1.96. The molecular weight excluding hydrogens is 330 g/mol. The van der Waals surface area contributed by atoms with Gasteiger partial charge in [-0.3, -0.25) is 10.1 Å². The minimum atomic E-state index is -3.73. The van der Waals surface area contributed by atoms with Crippen LogP contribution < -0.4 is 10.0 Å². The standard InChI is InChI=1S/C16H17N3O4S/c1-17-24(22,23)12-7-9-15(16(10-12)19(20)21)18-14-8-6-11-4-2-3-5-13(11)14/h2-5,7,9-10,14,17-18H,6,8H2,1H3/t14-/m1/s1. The number of nitrogens with zero attached hydrogens (tertiary/aromatic N) is 1. The number of fused-ring (bicyclic) bond motifs is 1. The first-order chi connectivity index (χ1) is 11.4. The maximum atomic E-state index is 11.8. The highest BCUT2D eigenvalue weighted by atomic mass is 32.2. The highest BCUT2D eigenvalue weighted by Crippen LogP contribution is 2.36. The van der Waals surface area contributed by atoms with Crippen molar-refractivity contribution in [3.8, 4) is 0 Å². The van der Waals surface area contributed by atoms with E-state index in [0.29, 0.717) is 5.69 Å². The molecule has 0 spiro atoms. The normalized spacial score (nSPS) is 16.6. The number of nitro benzene ring substituents is 1. The molecule has 1 aliphatic rings. The van der Waals surface area contributed by atoms with E-state index < -0.39 is 14.9 Å². The molecule has 2 aromatic carbocycles. The lowest BCUT2D eigenvalue weighted by Gasteiger charge is -2.16. The van der Waals surface area contributed by atoms with Crippen LogP contribution in [-0.2, 0) is 16.4 Å². The van der Waals surface area contributed by atoms with Crippen molar-refractivity contribution in [2.45, 2.75) is 23.8 Å². The van der Waals surface area contributed by atoms with E-state index in [1.165, 1.54) is 24.7 Å². The average molecular weight is 347 g/mol. The van der Waals surface area contributed by atoms with Crippen molar-refractivity contribution in [2.75, 3.05) is 12.4 Å². The highest BCUT2D eigenvalue weighted by molar-refractivity contribution is 7.89. The molecule has 0 aliphatic heterocycles. The number of sulfonamides is 1. The van der Waals surface area contributed by atoms with Gasteiger partial charge in [0.05, 0.1) is 15.9 Å². The second-order valence-electron chi connectivity index (χ2n) is 5.58. The Morgan fingerprint density at radius 3 is 2.67 bits per heavy atom. The topological polar surface area (TPSA) is 101 Å². The second kappa shape index (κ2) is 6.21. The van der Waals surface area contributed by atoms with E-state index in [9.17, 15) is 18.5 Å². The van der Waals surface area contributed by atoms with E-state index in [-0.39, 0.29) is 16.6 Å². The minimum Gasteiger partial charge on any atom is -0.373 e. The largest absolute Gasteiger partial charge is 0.373 e. The molecule has 0 amide bonds. The molecule has 0 heterocycles. The number of nitro groups is 1. The third-order valence-electron chi connectivity index (χ3n) is 4.21. The number of aryl methyl sites for hydroxylation is 1. The summed E-state index contributed by atoms with van der Waals surface area (Å²) < 4.78 is 25.8. The first-order valence-corrected chi connectivity index (χ1v) is 8.97. The highest BCUT2D eigenvalue weighted by Gasteiger charge is 2.26. The molecule has 0 saturated carbocycles. The smallest absolute Gasteiger partial charge is 0.293 e.